The lowest BCUT2D eigenvalue weighted by atomic mass is 9.84. The van der Waals surface area contributed by atoms with E-state index in [1.807, 2.05) is 0 Å². The van der Waals surface area contributed by atoms with Crippen LogP contribution in [0.4, 0.5) is 17.6 Å². The van der Waals surface area contributed by atoms with Gasteiger partial charge in [0.15, 0.2) is 11.0 Å². The Morgan fingerprint density at radius 2 is 2.13 bits per heavy atom. The molecule has 0 amide bonds. The third kappa shape index (κ3) is 4.79. The number of aliphatic hydroxyl groups excluding tert-OH is 1. The van der Waals surface area contributed by atoms with E-state index in [0.29, 0.717) is 17.3 Å². The Kier molecular flexibility index (Phi) is 6.80. The predicted molar refractivity (Wildman–Crippen MR) is 105 cm³/mol. The zero-order valence-corrected chi connectivity index (χ0v) is 17.0. The van der Waals surface area contributed by atoms with Gasteiger partial charge in [-0.25, -0.2) is 32.5 Å². The highest BCUT2D eigenvalue weighted by atomic mass is 32.2. The minimum Gasteiger partial charge on any atom is -0.445 e. The molecule has 0 saturated carbocycles. The monoisotopic (exact) mass is 458 g/mol. The van der Waals surface area contributed by atoms with Gasteiger partial charge < -0.3 is 15.6 Å². The number of amidine groups is 1. The zero-order chi connectivity index (χ0) is 22.8. The van der Waals surface area contributed by atoms with Gasteiger partial charge in [0.2, 0.25) is 19.1 Å². The fourth-order valence-corrected chi connectivity index (χ4v) is 4.20. The third-order valence-corrected chi connectivity index (χ3v) is 5.82. The van der Waals surface area contributed by atoms with E-state index in [-0.39, 0.29) is 28.7 Å². The molecule has 166 valence electrons. The van der Waals surface area contributed by atoms with Crippen molar-refractivity contribution in [2.24, 2.45) is 10.7 Å². The smallest absolute Gasteiger partial charge is 0.234 e. The number of aliphatic hydroxyl groups is 1. The summed E-state index contributed by atoms with van der Waals surface area (Å²) in [5, 5.41) is 7.45. The predicted octanol–water partition coefficient (Wildman–Crippen LogP) is 2.62. The van der Waals surface area contributed by atoms with Crippen LogP contribution in [0.25, 0.3) is 0 Å². The van der Waals surface area contributed by atoms with Crippen LogP contribution < -0.4 is 10.5 Å². The molecule has 4 atom stereocenters. The quantitative estimate of drug-likeness (QED) is 0.485. The lowest BCUT2D eigenvalue weighted by molar-refractivity contribution is 0.00641. The maximum absolute atomic E-state index is 15.1. The topological polar surface area (TPSA) is 111 Å². The highest BCUT2D eigenvalue weighted by molar-refractivity contribution is 8.14. The van der Waals surface area contributed by atoms with E-state index < -0.39 is 41.8 Å². The van der Waals surface area contributed by atoms with Gasteiger partial charge in [-0.3, -0.25) is 4.79 Å². The van der Waals surface area contributed by atoms with Crippen molar-refractivity contribution in [3.05, 3.63) is 53.2 Å². The molecule has 1 aliphatic rings. The number of hydrogen-bond donors (Lipinski definition) is 2. The maximum atomic E-state index is 15.1. The number of thioether (sulfide) groups is 1. The molecule has 0 aliphatic carbocycles. The van der Waals surface area contributed by atoms with E-state index in [1.165, 1.54) is 19.1 Å². The van der Waals surface area contributed by atoms with Crippen molar-refractivity contribution in [3.63, 3.8) is 0 Å². The number of benzene rings is 1. The second-order valence-electron chi connectivity index (χ2n) is 6.86. The summed E-state index contributed by atoms with van der Waals surface area (Å²) in [6, 6.07) is 3.60. The van der Waals surface area contributed by atoms with Gasteiger partial charge in [0.05, 0.1) is 12.4 Å². The Morgan fingerprint density at radius 1 is 1.39 bits per heavy atom. The molecule has 3 N–H and O–H groups in total. The van der Waals surface area contributed by atoms with E-state index in [0.717, 1.165) is 18.5 Å². The second-order valence-corrected chi connectivity index (χ2v) is 8.06. The fourth-order valence-electron chi connectivity index (χ4n) is 3.18. The van der Waals surface area contributed by atoms with Gasteiger partial charge in [0.25, 0.3) is 0 Å². The number of ether oxygens (including phenoxy) is 1. The van der Waals surface area contributed by atoms with Gasteiger partial charge in [0.1, 0.15) is 28.5 Å². The molecular weight excluding hydrogens is 440 g/mol. The minimum absolute atomic E-state index is 0.0383. The fraction of sp³-hybridized carbons (Fsp3) is 0.368. The van der Waals surface area contributed by atoms with Crippen LogP contribution in [0.15, 0.2) is 35.6 Å². The van der Waals surface area contributed by atoms with Gasteiger partial charge in [-0.2, -0.15) is 0 Å². The van der Waals surface area contributed by atoms with E-state index in [1.54, 1.807) is 0 Å². The highest BCUT2D eigenvalue weighted by Crippen LogP contribution is 2.43. The van der Waals surface area contributed by atoms with Crippen LogP contribution in [-0.2, 0) is 12.0 Å². The summed E-state index contributed by atoms with van der Waals surface area (Å²) in [4.78, 5) is 24.0. The number of hydrogen-bond acceptors (Lipinski definition) is 8. The number of carbonyl (C=O) groups excluding carboxylic acids is 1. The van der Waals surface area contributed by atoms with Crippen LogP contribution in [0, 0.1) is 5.82 Å². The van der Waals surface area contributed by atoms with Crippen LogP contribution in [0.3, 0.4) is 0 Å². The SMILES string of the molecule is C[C@]1(c2cc(CC(=O)c3cnc(OCF)cn3)ccc2F)N=C(N)S[C@H](C(O)F)[C@@H]1F. The number of aromatic nitrogens is 2. The molecule has 31 heavy (non-hydrogen) atoms. The molecule has 2 heterocycles. The van der Waals surface area contributed by atoms with E-state index in [9.17, 15) is 23.1 Å². The molecule has 0 saturated heterocycles. The Balaban J connectivity index is 1.89. The standard InChI is InChI=1S/C19H18F4N4O3S/c1-19(16(22)15(17(23)29)31-18(24)27-19)10-4-9(2-3-11(10)21)5-13(28)12-6-26-14(7-25-12)30-8-20/h2-4,6-7,15-17,29H,5,8H2,1H3,(H2,24,27)/t15-,16-,17?,19+/m0/s1. The molecule has 7 nitrogen and oxygen atoms in total. The van der Waals surface area contributed by atoms with Crippen molar-refractivity contribution >= 4 is 22.7 Å². The molecule has 1 aromatic carbocycles. The average Bonchev–Trinajstić information content (AvgIpc) is 2.72. The van der Waals surface area contributed by atoms with Crippen LogP contribution >= 0.6 is 11.8 Å². The summed E-state index contributed by atoms with van der Waals surface area (Å²) in [6.45, 7) is 0.138. The van der Waals surface area contributed by atoms with Crippen molar-refractivity contribution in [3.8, 4) is 5.88 Å². The summed E-state index contributed by atoms with van der Waals surface area (Å²) in [5.74, 6) is -1.41. The molecule has 1 aromatic heterocycles. The van der Waals surface area contributed by atoms with Crippen molar-refractivity contribution in [1.82, 2.24) is 9.97 Å². The first kappa shape index (κ1) is 22.9. The highest BCUT2D eigenvalue weighted by Gasteiger charge is 2.49. The van der Waals surface area contributed by atoms with Gasteiger partial charge in [-0.1, -0.05) is 17.8 Å². The number of alkyl halides is 3. The number of nitrogens with two attached hydrogens (primary N) is 1. The number of rotatable bonds is 7. The van der Waals surface area contributed by atoms with Gasteiger partial charge in [-0.05, 0) is 24.6 Å². The molecule has 3 rings (SSSR count). The summed E-state index contributed by atoms with van der Waals surface area (Å²) in [7, 11) is 0. The minimum atomic E-state index is -2.54. The maximum Gasteiger partial charge on any atom is 0.234 e. The second kappa shape index (κ2) is 9.18. The summed E-state index contributed by atoms with van der Waals surface area (Å²) < 4.78 is 59.8. The van der Waals surface area contributed by atoms with Crippen LogP contribution in [-0.4, -0.2) is 50.7 Å². The van der Waals surface area contributed by atoms with Crippen molar-refractivity contribution in [2.45, 2.75) is 36.7 Å². The summed E-state index contributed by atoms with van der Waals surface area (Å²) >= 11 is 0.524. The lowest BCUT2D eigenvalue weighted by Gasteiger charge is -2.38. The molecular formula is C19H18F4N4O3S. The van der Waals surface area contributed by atoms with Gasteiger partial charge in [0, 0.05) is 12.0 Å². The molecule has 0 spiro atoms. The number of aliphatic imine (C=N–C) groups is 1. The summed E-state index contributed by atoms with van der Waals surface area (Å²) in [5.41, 5.74) is 3.78. The van der Waals surface area contributed by atoms with Gasteiger partial charge in [-0.15, -0.1) is 0 Å². The molecule has 2 aromatic rings. The number of carbonyl (C=O) groups is 1. The Morgan fingerprint density at radius 3 is 2.74 bits per heavy atom. The number of halogens is 4. The number of ketones is 1. The lowest BCUT2D eigenvalue weighted by Crippen LogP contribution is -2.48. The third-order valence-electron chi connectivity index (χ3n) is 4.75. The Bertz CT molecular complexity index is 993. The van der Waals surface area contributed by atoms with E-state index in [4.69, 9.17) is 5.73 Å². The number of Topliss-reactive ketones (excluding diaryl/α,β-unsaturated/α-hetero) is 1. The van der Waals surface area contributed by atoms with E-state index >= 15 is 4.39 Å². The van der Waals surface area contributed by atoms with Crippen LogP contribution in [0.2, 0.25) is 0 Å². The van der Waals surface area contributed by atoms with Crippen LogP contribution in [0.1, 0.15) is 28.5 Å². The molecule has 0 radical (unpaired) electrons. The molecule has 12 heteroatoms. The molecule has 0 bridgehead atoms. The first-order valence-electron chi connectivity index (χ1n) is 8.96. The number of nitrogens with zero attached hydrogens (tertiary/aromatic N) is 3. The first-order valence-corrected chi connectivity index (χ1v) is 9.84. The molecule has 1 aliphatic heterocycles. The normalized spacial score (nSPS) is 24.4. The summed E-state index contributed by atoms with van der Waals surface area (Å²) in [6.07, 6.45) is -2.69. The Hall–Kier alpha value is -2.73. The molecule has 0 fully saturated rings. The van der Waals surface area contributed by atoms with Crippen molar-refractivity contribution in [2.75, 3.05) is 6.86 Å². The average molecular weight is 458 g/mol. The zero-order valence-electron chi connectivity index (χ0n) is 16.1. The van der Waals surface area contributed by atoms with Crippen molar-refractivity contribution in [1.29, 1.82) is 0 Å². The van der Waals surface area contributed by atoms with Crippen molar-refractivity contribution < 1.29 is 32.2 Å². The Labute approximate surface area is 178 Å². The molecule has 1 unspecified atom stereocenters. The largest absolute Gasteiger partial charge is 0.445 e. The van der Waals surface area contributed by atoms with Crippen LogP contribution in [0.5, 0.6) is 5.88 Å². The van der Waals surface area contributed by atoms with Gasteiger partial charge >= 0.3 is 0 Å². The first-order chi connectivity index (χ1) is 14.7. The van der Waals surface area contributed by atoms with E-state index in [2.05, 4.69) is 19.7 Å².